The van der Waals surface area contributed by atoms with Crippen LogP contribution in [0.3, 0.4) is 0 Å². The molecule has 0 spiro atoms. The van der Waals surface area contributed by atoms with Gasteiger partial charge in [0.25, 0.3) is 20.3 Å². The van der Waals surface area contributed by atoms with Crippen LogP contribution >= 0.6 is 22.9 Å². The summed E-state index contributed by atoms with van der Waals surface area (Å²) >= 11 is 6.57. The second-order valence-electron chi connectivity index (χ2n) is 5.97. The minimum absolute atomic E-state index is 0.0724. The Labute approximate surface area is 175 Å². The lowest BCUT2D eigenvalue weighted by Crippen LogP contribution is -2.13. The highest BCUT2D eigenvalue weighted by atomic mass is 35.5. The molecule has 0 unspecified atom stereocenters. The van der Waals surface area contributed by atoms with Crippen LogP contribution in [0.5, 0.6) is 0 Å². The quantitative estimate of drug-likeness (QED) is 0.444. The van der Waals surface area contributed by atoms with Gasteiger partial charge in [-0.1, -0.05) is 59.3 Å². The Morgan fingerprint density at radius 2 is 1.66 bits per heavy atom. The van der Waals surface area contributed by atoms with Gasteiger partial charge in [-0.15, -0.1) is 10.2 Å². The molecule has 4 rings (SSSR count). The summed E-state index contributed by atoms with van der Waals surface area (Å²) in [5.74, 6) is -0.441. The zero-order chi connectivity index (χ0) is 20.4. The van der Waals surface area contributed by atoms with Gasteiger partial charge in [-0.3, -0.25) is 14.8 Å². The molecule has 4 aromatic rings. The van der Waals surface area contributed by atoms with Gasteiger partial charge < -0.3 is 0 Å². The van der Waals surface area contributed by atoms with Gasteiger partial charge in [0.2, 0.25) is 5.13 Å². The number of carbonyl (C=O) groups is 1. The van der Waals surface area contributed by atoms with Crippen LogP contribution in [0.15, 0.2) is 71.1 Å². The molecule has 1 aromatic heterocycles. The maximum atomic E-state index is 12.7. The summed E-state index contributed by atoms with van der Waals surface area (Å²) in [6.45, 7) is 0. The molecule has 146 valence electrons. The molecule has 1 heterocycles. The number of amides is 1. The van der Waals surface area contributed by atoms with E-state index in [0.717, 1.165) is 22.1 Å². The van der Waals surface area contributed by atoms with Crippen molar-refractivity contribution < 1.29 is 13.2 Å². The van der Waals surface area contributed by atoms with Gasteiger partial charge in [0.1, 0.15) is 0 Å². The fraction of sp³-hybridized carbons (Fsp3) is 0. The number of nitrogens with zero attached hydrogens (tertiary/aromatic N) is 2. The lowest BCUT2D eigenvalue weighted by Gasteiger charge is -2.08. The number of carbonyl (C=O) groups excluding carboxylic acids is 1. The Hall–Kier alpha value is -3.01. The highest BCUT2D eigenvalue weighted by molar-refractivity contribution is 7.94. The fourth-order valence-electron chi connectivity index (χ4n) is 2.64. The summed E-state index contributed by atoms with van der Waals surface area (Å²) < 4.78 is 27.7. The van der Waals surface area contributed by atoms with Gasteiger partial charge in [0.15, 0.2) is 0 Å². The van der Waals surface area contributed by atoms with Crippen molar-refractivity contribution in [3.63, 3.8) is 0 Å². The lowest BCUT2D eigenvalue weighted by molar-refractivity contribution is 0.102. The molecular formula is C19H13ClN4O3S2. The van der Waals surface area contributed by atoms with Gasteiger partial charge >= 0.3 is 0 Å². The molecule has 0 saturated carbocycles. The largest absolute Gasteiger partial charge is 0.296 e. The average Bonchev–Trinajstić information content (AvgIpc) is 3.18. The normalized spacial score (nSPS) is 11.3. The van der Waals surface area contributed by atoms with Crippen LogP contribution in [0.1, 0.15) is 10.4 Å². The summed E-state index contributed by atoms with van der Waals surface area (Å²) in [6, 6.07) is 19.0. The number of anilines is 2. The highest BCUT2D eigenvalue weighted by Gasteiger charge is 2.22. The molecular weight excluding hydrogens is 432 g/mol. The van der Waals surface area contributed by atoms with Crippen LogP contribution in [0.2, 0.25) is 5.02 Å². The third-order valence-corrected chi connectivity index (χ3v) is 6.82. The number of halogens is 1. The van der Waals surface area contributed by atoms with Gasteiger partial charge in [-0.05, 0) is 35.7 Å². The Balaban J connectivity index is 1.55. The van der Waals surface area contributed by atoms with Gasteiger partial charge in [-0.2, -0.15) is 8.42 Å². The van der Waals surface area contributed by atoms with Crippen molar-refractivity contribution in [3.05, 3.63) is 77.3 Å². The first-order valence-corrected chi connectivity index (χ1v) is 11.0. The number of benzene rings is 3. The van der Waals surface area contributed by atoms with Crippen LogP contribution in [0.4, 0.5) is 10.8 Å². The summed E-state index contributed by atoms with van der Waals surface area (Å²) in [5.41, 5.74) is 0.799. The molecule has 0 aliphatic rings. The molecule has 0 saturated heterocycles. The van der Waals surface area contributed by atoms with Crippen LogP contribution in [-0.4, -0.2) is 24.5 Å². The van der Waals surface area contributed by atoms with Crippen molar-refractivity contribution in [2.45, 2.75) is 4.34 Å². The second-order valence-corrected chi connectivity index (χ2v) is 9.24. The van der Waals surface area contributed by atoms with E-state index < -0.39 is 15.9 Å². The Morgan fingerprint density at radius 3 is 2.45 bits per heavy atom. The summed E-state index contributed by atoms with van der Waals surface area (Å²) in [7, 11) is -3.96. The first-order chi connectivity index (χ1) is 13.9. The van der Waals surface area contributed by atoms with Crippen LogP contribution in [0, 0.1) is 0 Å². The molecule has 1 amide bonds. The zero-order valence-corrected chi connectivity index (χ0v) is 17.1. The van der Waals surface area contributed by atoms with E-state index in [1.54, 1.807) is 36.4 Å². The van der Waals surface area contributed by atoms with Gasteiger partial charge in [0.05, 0.1) is 5.69 Å². The maximum absolute atomic E-state index is 12.7. The first-order valence-electron chi connectivity index (χ1n) is 8.33. The second kappa shape index (κ2) is 7.78. The minimum Gasteiger partial charge on any atom is -0.296 e. The predicted molar refractivity (Wildman–Crippen MR) is 114 cm³/mol. The van der Waals surface area contributed by atoms with Crippen molar-refractivity contribution in [2.24, 2.45) is 0 Å². The standard InChI is InChI=1S/C19H13ClN4O3S2/c20-14-10-8-13(9-11-14)17(25)21-18-22-23-19(28-18)29(26,27)24-16-7-3-5-12-4-1-2-6-15(12)16/h1-11,24H,(H,21,22,25). The van der Waals surface area contributed by atoms with E-state index in [0.29, 0.717) is 16.3 Å². The lowest BCUT2D eigenvalue weighted by atomic mass is 10.1. The highest BCUT2D eigenvalue weighted by Crippen LogP contribution is 2.27. The van der Waals surface area contributed by atoms with E-state index in [4.69, 9.17) is 11.6 Å². The Kier molecular flexibility index (Phi) is 5.18. The fourth-order valence-corrected chi connectivity index (χ4v) is 4.74. The van der Waals surface area contributed by atoms with Crippen molar-refractivity contribution in [1.82, 2.24) is 10.2 Å². The van der Waals surface area contributed by atoms with Gasteiger partial charge in [0, 0.05) is 16.0 Å². The summed E-state index contributed by atoms with van der Waals surface area (Å²) in [6.07, 6.45) is 0. The van der Waals surface area contributed by atoms with E-state index in [1.807, 2.05) is 30.3 Å². The molecule has 0 atom stereocenters. The Morgan fingerprint density at radius 1 is 0.931 bits per heavy atom. The number of hydrogen-bond acceptors (Lipinski definition) is 6. The third-order valence-electron chi connectivity index (χ3n) is 4.00. The number of fused-ring (bicyclic) bond motifs is 1. The van der Waals surface area contributed by atoms with Crippen LogP contribution in [-0.2, 0) is 10.0 Å². The SMILES string of the molecule is O=C(Nc1nnc(S(=O)(=O)Nc2cccc3ccccc23)s1)c1ccc(Cl)cc1. The van der Waals surface area contributed by atoms with Crippen molar-refractivity contribution in [3.8, 4) is 0 Å². The number of rotatable bonds is 5. The number of aromatic nitrogens is 2. The number of sulfonamides is 1. The molecule has 10 heteroatoms. The smallest absolute Gasteiger partial charge is 0.291 e. The van der Waals surface area contributed by atoms with Crippen LogP contribution in [0.25, 0.3) is 10.8 Å². The summed E-state index contributed by atoms with van der Waals surface area (Å²) in [4.78, 5) is 12.2. The van der Waals surface area contributed by atoms with E-state index in [9.17, 15) is 13.2 Å². The van der Waals surface area contributed by atoms with E-state index >= 15 is 0 Å². The minimum atomic E-state index is -3.96. The molecule has 0 aliphatic carbocycles. The molecule has 0 fully saturated rings. The maximum Gasteiger partial charge on any atom is 0.291 e. The zero-order valence-electron chi connectivity index (χ0n) is 14.7. The monoisotopic (exact) mass is 444 g/mol. The Bertz CT molecular complexity index is 1300. The van der Waals surface area contributed by atoms with Crippen molar-refractivity contribution in [1.29, 1.82) is 0 Å². The average molecular weight is 445 g/mol. The topological polar surface area (TPSA) is 101 Å². The van der Waals surface area contributed by atoms with Crippen LogP contribution < -0.4 is 10.0 Å². The molecule has 0 bridgehead atoms. The molecule has 3 aromatic carbocycles. The third kappa shape index (κ3) is 4.21. The molecule has 7 nitrogen and oxygen atoms in total. The van der Waals surface area contributed by atoms with E-state index in [1.165, 1.54) is 0 Å². The first kappa shape index (κ1) is 19.3. The number of hydrogen-bond donors (Lipinski definition) is 2. The summed E-state index contributed by atoms with van der Waals surface area (Å²) in [5, 5.41) is 12.2. The van der Waals surface area contributed by atoms with E-state index in [-0.39, 0.29) is 9.47 Å². The van der Waals surface area contributed by atoms with E-state index in [2.05, 4.69) is 20.2 Å². The van der Waals surface area contributed by atoms with Gasteiger partial charge in [-0.25, -0.2) is 0 Å². The van der Waals surface area contributed by atoms with Crippen molar-refractivity contribution in [2.75, 3.05) is 10.0 Å². The number of nitrogens with one attached hydrogen (secondary N) is 2. The van der Waals surface area contributed by atoms with Crippen molar-refractivity contribution >= 4 is 60.5 Å². The molecule has 0 aliphatic heterocycles. The molecule has 29 heavy (non-hydrogen) atoms. The predicted octanol–water partition coefficient (Wildman–Crippen LogP) is 4.40. The molecule has 2 N–H and O–H groups in total. The molecule has 0 radical (unpaired) electrons.